The zero-order chi connectivity index (χ0) is 15.6. The largest absolute Gasteiger partial charge is 0.321 e. The smallest absolute Gasteiger partial charge is 0.241 e. The van der Waals surface area contributed by atoms with Crippen LogP contribution in [-0.2, 0) is 4.79 Å². The van der Waals surface area contributed by atoms with Gasteiger partial charge in [-0.15, -0.1) is 0 Å². The molecule has 1 amide bonds. The second kappa shape index (κ2) is 6.61. The summed E-state index contributed by atoms with van der Waals surface area (Å²) >= 11 is 0. The Hall–Kier alpha value is -1.35. The van der Waals surface area contributed by atoms with E-state index >= 15 is 0 Å². The van der Waals surface area contributed by atoms with Crippen LogP contribution in [0.5, 0.6) is 0 Å². The van der Waals surface area contributed by atoms with Crippen LogP contribution in [0.15, 0.2) is 18.2 Å². The molecule has 3 atom stereocenters. The van der Waals surface area contributed by atoms with E-state index in [9.17, 15) is 4.79 Å². The highest BCUT2D eigenvalue weighted by atomic mass is 16.2. The predicted octanol–water partition coefficient (Wildman–Crippen LogP) is 3.56. The number of rotatable bonds is 5. The molecule has 0 radical (unpaired) electrons. The van der Waals surface area contributed by atoms with Gasteiger partial charge in [-0.05, 0) is 37.3 Å². The van der Waals surface area contributed by atoms with E-state index in [1.807, 2.05) is 4.90 Å². The van der Waals surface area contributed by atoms with Crippen molar-refractivity contribution in [2.24, 2.45) is 5.92 Å². The first-order valence-electron chi connectivity index (χ1n) is 8.11. The lowest BCUT2D eigenvalue weighted by atomic mass is 10.0. The Kier molecular flexibility index (Phi) is 5.04. The Bertz CT molecular complexity index is 512. The van der Waals surface area contributed by atoms with Crippen molar-refractivity contribution in [1.82, 2.24) is 10.2 Å². The van der Waals surface area contributed by atoms with E-state index in [2.05, 4.69) is 58.1 Å². The van der Waals surface area contributed by atoms with Gasteiger partial charge in [-0.1, -0.05) is 51.0 Å². The molecule has 3 heteroatoms. The molecule has 1 heterocycles. The first-order chi connectivity index (χ1) is 9.97. The Morgan fingerprint density at radius 3 is 2.57 bits per heavy atom. The summed E-state index contributed by atoms with van der Waals surface area (Å²) in [6.07, 6.45) is 1.97. The van der Waals surface area contributed by atoms with Crippen molar-refractivity contribution >= 4 is 5.91 Å². The molecule has 3 unspecified atom stereocenters. The number of hydrogen-bond donors (Lipinski definition) is 1. The molecule has 1 fully saturated rings. The van der Waals surface area contributed by atoms with Crippen molar-refractivity contribution in [1.29, 1.82) is 0 Å². The first-order valence-corrected chi connectivity index (χ1v) is 8.11. The fraction of sp³-hybridized carbons (Fsp3) is 0.611. The highest BCUT2D eigenvalue weighted by molar-refractivity contribution is 5.84. The van der Waals surface area contributed by atoms with Crippen molar-refractivity contribution in [3.8, 4) is 0 Å². The summed E-state index contributed by atoms with van der Waals surface area (Å²) in [5.74, 6) is 0.780. The average molecular weight is 288 g/mol. The van der Waals surface area contributed by atoms with Crippen molar-refractivity contribution in [3.63, 3.8) is 0 Å². The fourth-order valence-electron chi connectivity index (χ4n) is 3.02. The van der Waals surface area contributed by atoms with Crippen LogP contribution in [0.1, 0.15) is 56.5 Å². The lowest BCUT2D eigenvalue weighted by molar-refractivity contribution is -0.130. The molecule has 21 heavy (non-hydrogen) atoms. The number of nitrogens with zero attached hydrogens (tertiary/aromatic N) is 1. The predicted molar refractivity (Wildman–Crippen MR) is 87.0 cm³/mol. The molecular weight excluding hydrogens is 260 g/mol. The number of benzene rings is 1. The third kappa shape index (κ3) is 3.29. The summed E-state index contributed by atoms with van der Waals surface area (Å²) < 4.78 is 0. The van der Waals surface area contributed by atoms with Crippen LogP contribution in [0, 0.1) is 19.8 Å². The first kappa shape index (κ1) is 16.0. The van der Waals surface area contributed by atoms with Crippen LogP contribution >= 0.6 is 0 Å². The van der Waals surface area contributed by atoms with Crippen molar-refractivity contribution in [3.05, 3.63) is 34.9 Å². The molecule has 0 spiro atoms. The minimum Gasteiger partial charge on any atom is -0.321 e. The summed E-state index contributed by atoms with van der Waals surface area (Å²) in [6.45, 7) is 11.5. The normalized spacial score (nSPS) is 23.7. The topological polar surface area (TPSA) is 32.3 Å². The van der Waals surface area contributed by atoms with Gasteiger partial charge in [0, 0.05) is 6.54 Å². The van der Waals surface area contributed by atoms with Crippen LogP contribution < -0.4 is 5.32 Å². The molecule has 1 aliphatic heterocycles. The van der Waals surface area contributed by atoms with Gasteiger partial charge in [-0.25, -0.2) is 0 Å². The van der Waals surface area contributed by atoms with Gasteiger partial charge in [0.1, 0.15) is 6.17 Å². The van der Waals surface area contributed by atoms with E-state index in [1.165, 1.54) is 16.7 Å². The van der Waals surface area contributed by atoms with Crippen LogP contribution in [0.4, 0.5) is 0 Å². The summed E-state index contributed by atoms with van der Waals surface area (Å²) in [5, 5.41) is 3.52. The second-order valence-electron chi connectivity index (χ2n) is 6.39. The SMILES string of the molecule is CCC(C)CN1C(=O)C(CC)NC1c1ccc(C)cc1C. The molecule has 0 aliphatic carbocycles. The second-order valence-corrected chi connectivity index (χ2v) is 6.39. The monoisotopic (exact) mass is 288 g/mol. The molecule has 116 valence electrons. The fourth-order valence-corrected chi connectivity index (χ4v) is 3.02. The maximum Gasteiger partial charge on any atom is 0.241 e. The average Bonchev–Trinajstić information content (AvgIpc) is 2.76. The molecule has 0 aromatic heterocycles. The minimum atomic E-state index is -0.0419. The minimum absolute atomic E-state index is 0.0250. The number of carbonyl (C=O) groups excluding carboxylic acids is 1. The molecule has 2 rings (SSSR count). The molecule has 1 aromatic rings. The van der Waals surface area contributed by atoms with E-state index in [0.29, 0.717) is 5.92 Å². The van der Waals surface area contributed by atoms with Crippen molar-refractivity contribution < 1.29 is 4.79 Å². The molecule has 3 nitrogen and oxygen atoms in total. The molecule has 1 saturated heterocycles. The van der Waals surface area contributed by atoms with Crippen LogP contribution in [0.3, 0.4) is 0 Å². The lowest BCUT2D eigenvalue weighted by Gasteiger charge is -2.28. The van der Waals surface area contributed by atoms with Gasteiger partial charge in [0.15, 0.2) is 0 Å². The summed E-state index contributed by atoms with van der Waals surface area (Å²) in [5.41, 5.74) is 3.75. The lowest BCUT2D eigenvalue weighted by Crippen LogP contribution is -2.34. The van der Waals surface area contributed by atoms with Crippen molar-refractivity contribution in [2.75, 3.05) is 6.54 Å². The molecule has 1 N–H and O–H groups in total. The Morgan fingerprint density at radius 2 is 2.00 bits per heavy atom. The van der Waals surface area contributed by atoms with Crippen LogP contribution in [-0.4, -0.2) is 23.4 Å². The number of hydrogen-bond acceptors (Lipinski definition) is 2. The van der Waals surface area contributed by atoms with E-state index in [-0.39, 0.29) is 18.1 Å². The van der Waals surface area contributed by atoms with Crippen molar-refractivity contribution in [2.45, 2.75) is 59.7 Å². The van der Waals surface area contributed by atoms with Crippen LogP contribution in [0.2, 0.25) is 0 Å². The maximum atomic E-state index is 12.6. The highest BCUT2D eigenvalue weighted by Gasteiger charge is 2.39. The zero-order valence-corrected chi connectivity index (χ0v) is 13.9. The summed E-state index contributed by atoms with van der Waals surface area (Å²) in [6, 6.07) is 6.45. The number of carbonyl (C=O) groups is 1. The third-order valence-corrected chi connectivity index (χ3v) is 4.59. The molecule has 0 bridgehead atoms. The van der Waals surface area contributed by atoms with E-state index in [1.54, 1.807) is 0 Å². The Balaban J connectivity index is 2.31. The van der Waals surface area contributed by atoms with Crippen LogP contribution in [0.25, 0.3) is 0 Å². The summed E-state index contributed by atoms with van der Waals surface area (Å²) in [7, 11) is 0. The molecular formula is C18H28N2O. The van der Waals surface area contributed by atoms with Gasteiger partial charge in [0.05, 0.1) is 6.04 Å². The standard InChI is InChI=1S/C18H28N2O/c1-6-12(3)11-20-17(19-16(7-2)18(20)21)15-9-8-13(4)10-14(15)5/h8-10,12,16-17,19H,6-7,11H2,1-5H3. The van der Waals surface area contributed by atoms with E-state index in [0.717, 1.165) is 19.4 Å². The number of aryl methyl sites for hydroxylation is 2. The molecule has 1 aliphatic rings. The highest BCUT2D eigenvalue weighted by Crippen LogP contribution is 2.30. The number of nitrogens with one attached hydrogen (secondary N) is 1. The quantitative estimate of drug-likeness (QED) is 0.898. The molecule has 1 aromatic carbocycles. The third-order valence-electron chi connectivity index (χ3n) is 4.59. The van der Waals surface area contributed by atoms with E-state index in [4.69, 9.17) is 0 Å². The Morgan fingerprint density at radius 1 is 1.29 bits per heavy atom. The van der Waals surface area contributed by atoms with Gasteiger partial charge in [-0.3, -0.25) is 10.1 Å². The van der Waals surface area contributed by atoms with Gasteiger partial charge < -0.3 is 4.90 Å². The zero-order valence-electron chi connectivity index (χ0n) is 13.9. The summed E-state index contributed by atoms with van der Waals surface area (Å²) in [4.78, 5) is 14.7. The molecule has 0 saturated carbocycles. The number of amides is 1. The Labute approximate surface area is 128 Å². The van der Waals surface area contributed by atoms with Gasteiger partial charge >= 0.3 is 0 Å². The van der Waals surface area contributed by atoms with Gasteiger partial charge in [0.25, 0.3) is 0 Å². The van der Waals surface area contributed by atoms with Gasteiger partial charge in [0.2, 0.25) is 5.91 Å². The van der Waals surface area contributed by atoms with E-state index < -0.39 is 0 Å². The maximum absolute atomic E-state index is 12.6. The van der Waals surface area contributed by atoms with Gasteiger partial charge in [-0.2, -0.15) is 0 Å².